The zero-order chi connectivity index (χ0) is 46.1. The summed E-state index contributed by atoms with van der Waals surface area (Å²) in [6.07, 6.45) is 12.8. The van der Waals surface area contributed by atoms with E-state index in [9.17, 15) is 16.8 Å². The minimum absolute atomic E-state index is 0. The Morgan fingerprint density at radius 3 is 1.57 bits per heavy atom. The molecule has 0 bridgehead atoms. The SMILES string of the molecule is C.CC1(C)OB(c2ccc(C#N)c(Cl)c2)OC1(C)C.CN(C(c1cncc(-c2ccc(C#N)c(Cl)c2)c1Cl)C1CC1)S(C)(=O)=O.CN(C(c1cncc(Br)c1Cl)C1CC1)S(C)(=O)=O. The molecule has 0 amide bonds. The van der Waals surface area contributed by atoms with Gasteiger partial charge in [0.15, 0.2) is 0 Å². The largest absolute Gasteiger partial charge is 0.494 e. The molecule has 2 aromatic heterocycles. The number of rotatable bonds is 10. The van der Waals surface area contributed by atoms with Gasteiger partial charge >= 0.3 is 7.12 Å². The summed E-state index contributed by atoms with van der Waals surface area (Å²) in [5, 5.41) is 19.6. The highest BCUT2D eigenvalue weighted by molar-refractivity contribution is 9.10. The van der Waals surface area contributed by atoms with Gasteiger partial charge in [0, 0.05) is 55.6 Å². The molecule has 0 N–H and O–H groups in total. The van der Waals surface area contributed by atoms with Gasteiger partial charge in [0.25, 0.3) is 0 Å². The van der Waals surface area contributed by atoms with Crippen LogP contribution in [0.15, 0.2) is 65.7 Å². The van der Waals surface area contributed by atoms with E-state index in [2.05, 4.69) is 25.9 Å². The average molecular weight is 1040 g/mol. The molecular formula is C43H50BBrCl4N6O6S2. The van der Waals surface area contributed by atoms with Crippen molar-refractivity contribution in [2.24, 2.45) is 11.8 Å². The van der Waals surface area contributed by atoms with Gasteiger partial charge in [-0.25, -0.2) is 16.8 Å². The molecular weight excluding hydrogens is 993 g/mol. The summed E-state index contributed by atoms with van der Waals surface area (Å²) in [5.74, 6) is 0.562. The molecule has 2 atom stereocenters. The first-order valence-corrected chi connectivity index (χ1v) is 25.4. The predicted octanol–water partition coefficient (Wildman–Crippen LogP) is 10.3. The Morgan fingerprint density at radius 1 is 0.730 bits per heavy atom. The fourth-order valence-electron chi connectivity index (χ4n) is 6.76. The molecule has 1 aliphatic heterocycles. The van der Waals surface area contributed by atoms with Crippen LogP contribution in [0, 0.1) is 34.5 Å². The van der Waals surface area contributed by atoms with Crippen LogP contribution in [0.25, 0.3) is 11.1 Å². The maximum Gasteiger partial charge on any atom is 0.494 e. The van der Waals surface area contributed by atoms with E-state index in [1.807, 2.05) is 45.9 Å². The van der Waals surface area contributed by atoms with E-state index < -0.39 is 27.2 Å². The van der Waals surface area contributed by atoms with Crippen molar-refractivity contribution in [2.45, 2.75) is 84.1 Å². The van der Waals surface area contributed by atoms with Gasteiger partial charge in [-0.15, -0.1) is 0 Å². The molecule has 3 fully saturated rings. The number of aromatic nitrogens is 2. The number of nitrogens with zero attached hydrogens (tertiary/aromatic N) is 6. The summed E-state index contributed by atoms with van der Waals surface area (Å²) in [4.78, 5) is 8.36. The van der Waals surface area contributed by atoms with Gasteiger partial charge in [0.05, 0.1) is 71.5 Å². The average Bonchev–Trinajstić information content (AvgIpc) is 4.13. The molecule has 0 spiro atoms. The minimum Gasteiger partial charge on any atom is -0.399 e. The molecule has 63 heavy (non-hydrogen) atoms. The highest BCUT2D eigenvalue weighted by Gasteiger charge is 2.52. The van der Waals surface area contributed by atoms with E-state index in [-0.39, 0.29) is 36.6 Å². The Hall–Kier alpha value is -2.84. The van der Waals surface area contributed by atoms with E-state index in [0.29, 0.717) is 52.7 Å². The molecule has 2 saturated carbocycles. The van der Waals surface area contributed by atoms with E-state index in [1.54, 1.807) is 69.2 Å². The first-order valence-electron chi connectivity index (χ1n) is 19.4. The van der Waals surface area contributed by atoms with Crippen molar-refractivity contribution in [3.05, 3.63) is 108 Å². The van der Waals surface area contributed by atoms with Crippen molar-refractivity contribution >= 4 is 95.0 Å². The number of benzene rings is 2. The van der Waals surface area contributed by atoms with E-state index in [4.69, 9.17) is 66.2 Å². The summed E-state index contributed by atoms with van der Waals surface area (Å²) in [6, 6.07) is 13.7. The van der Waals surface area contributed by atoms with E-state index in [0.717, 1.165) is 42.3 Å². The second kappa shape index (κ2) is 20.8. The van der Waals surface area contributed by atoms with Crippen molar-refractivity contribution in [2.75, 3.05) is 26.6 Å². The molecule has 2 aliphatic carbocycles. The highest BCUT2D eigenvalue weighted by Crippen LogP contribution is 2.49. The fraction of sp³-hybridized carbons (Fsp3) is 0.442. The van der Waals surface area contributed by atoms with Crippen molar-refractivity contribution in [3.8, 4) is 23.3 Å². The van der Waals surface area contributed by atoms with E-state index in [1.165, 1.54) is 21.1 Å². The van der Waals surface area contributed by atoms with Gasteiger partial charge in [-0.1, -0.05) is 66.0 Å². The van der Waals surface area contributed by atoms with Crippen molar-refractivity contribution in [1.29, 1.82) is 10.5 Å². The fourth-order valence-corrected chi connectivity index (χ4v) is 9.49. The molecule has 7 rings (SSSR count). The molecule has 0 radical (unpaired) electrons. The Balaban J connectivity index is 0.000000211. The second-order valence-corrected chi connectivity index (χ2v) is 23.0. The zero-order valence-electron chi connectivity index (χ0n) is 35.3. The quantitative estimate of drug-likeness (QED) is 0.140. The Bertz CT molecular complexity index is 2620. The van der Waals surface area contributed by atoms with Gasteiger partial charge in [-0.05, 0) is 116 Å². The maximum atomic E-state index is 12.1. The molecule has 3 aliphatic rings. The lowest BCUT2D eigenvalue weighted by Gasteiger charge is -2.32. The van der Waals surface area contributed by atoms with Crippen LogP contribution in [0.5, 0.6) is 0 Å². The third-order valence-electron chi connectivity index (χ3n) is 11.4. The zero-order valence-corrected chi connectivity index (χ0v) is 41.6. The third kappa shape index (κ3) is 12.5. The molecule has 12 nitrogen and oxygen atoms in total. The number of hydrogen-bond acceptors (Lipinski definition) is 10. The molecule has 20 heteroatoms. The third-order valence-corrected chi connectivity index (χ3v) is 16.3. The summed E-state index contributed by atoms with van der Waals surface area (Å²) < 4.78 is 62.9. The maximum absolute atomic E-state index is 12.1. The van der Waals surface area contributed by atoms with Gasteiger partial charge in [0.1, 0.15) is 12.1 Å². The van der Waals surface area contributed by atoms with Gasteiger partial charge in [-0.3, -0.25) is 9.97 Å². The Labute approximate surface area is 401 Å². The van der Waals surface area contributed by atoms with Gasteiger partial charge in [0.2, 0.25) is 20.0 Å². The Morgan fingerprint density at radius 2 is 1.16 bits per heavy atom. The first kappa shape index (κ1) is 52.8. The van der Waals surface area contributed by atoms with Gasteiger partial charge in [-0.2, -0.15) is 19.1 Å². The highest BCUT2D eigenvalue weighted by atomic mass is 79.9. The Kier molecular flexibility index (Phi) is 17.4. The number of sulfonamides is 2. The summed E-state index contributed by atoms with van der Waals surface area (Å²) in [5.41, 5.74) is 3.74. The molecule has 2 unspecified atom stereocenters. The summed E-state index contributed by atoms with van der Waals surface area (Å²) in [6.45, 7) is 7.99. The lowest BCUT2D eigenvalue weighted by atomic mass is 9.79. The van der Waals surface area contributed by atoms with Crippen LogP contribution in [0.1, 0.15) is 95.1 Å². The van der Waals surface area contributed by atoms with Crippen molar-refractivity contribution in [1.82, 2.24) is 18.6 Å². The first-order chi connectivity index (χ1) is 28.8. The molecule has 338 valence electrons. The van der Waals surface area contributed by atoms with Crippen LogP contribution < -0.4 is 5.46 Å². The van der Waals surface area contributed by atoms with Crippen LogP contribution >= 0.6 is 62.3 Å². The van der Waals surface area contributed by atoms with Crippen LogP contribution in [0.2, 0.25) is 20.1 Å². The summed E-state index contributed by atoms with van der Waals surface area (Å²) in [7, 11) is -3.91. The summed E-state index contributed by atoms with van der Waals surface area (Å²) >= 11 is 28.4. The number of hydrogen-bond donors (Lipinski definition) is 0. The van der Waals surface area contributed by atoms with E-state index >= 15 is 0 Å². The van der Waals surface area contributed by atoms with Crippen molar-refractivity contribution < 1.29 is 26.1 Å². The molecule has 4 aromatic rings. The number of halogens is 5. The number of pyridine rings is 2. The lowest BCUT2D eigenvalue weighted by Crippen LogP contribution is -2.41. The van der Waals surface area contributed by atoms with Crippen molar-refractivity contribution in [3.63, 3.8) is 0 Å². The van der Waals surface area contributed by atoms with Crippen LogP contribution in [0.4, 0.5) is 0 Å². The molecule has 3 heterocycles. The topological polar surface area (TPSA) is 167 Å². The molecule has 1 saturated heterocycles. The number of nitriles is 2. The van der Waals surface area contributed by atoms with Gasteiger partial charge < -0.3 is 9.31 Å². The minimum atomic E-state index is -3.38. The smallest absolute Gasteiger partial charge is 0.399 e. The molecule has 2 aromatic carbocycles. The standard InChI is InChI=1S/C18H17Cl2N3O2S.C13H15BClNO2.C11H14BrClN2O2S.CH4/c1-23(26(2,24)25)18(11-3-4-11)15-10-22-9-14(17(15)20)12-5-6-13(8-21)16(19)7-12;1-12(2)13(3,4)18-14(17-12)10-6-5-9(8-16)11(15)7-10;1-15(18(2,16)17)11(7-3-4-7)8-5-14-6-9(12)10(8)13;/h5-7,9-11,18H,3-4H2,1-2H3;5-7H,1-4H3;5-7,11H,3-4H2,1-2H3;1H4. The lowest BCUT2D eigenvalue weighted by molar-refractivity contribution is 0.00578. The normalized spacial score (nSPS) is 17.6. The van der Waals surface area contributed by atoms with Crippen LogP contribution in [0.3, 0.4) is 0 Å². The van der Waals surface area contributed by atoms with Crippen LogP contribution in [-0.2, 0) is 29.4 Å². The predicted molar refractivity (Wildman–Crippen MR) is 256 cm³/mol. The second-order valence-electron chi connectivity index (χ2n) is 16.5. The monoisotopic (exact) mass is 1040 g/mol. The van der Waals surface area contributed by atoms with Crippen LogP contribution in [-0.4, -0.2) is 80.3 Å².